The van der Waals surface area contributed by atoms with Gasteiger partial charge in [0.15, 0.2) is 0 Å². The van der Waals surface area contributed by atoms with Gasteiger partial charge in [-0.3, -0.25) is 4.79 Å². The van der Waals surface area contributed by atoms with Crippen molar-refractivity contribution in [2.45, 2.75) is 19.8 Å². The minimum Gasteiger partial charge on any atom is -0.348 e. The number of amides is 1. The predicted molar refractivity (Wildman–Crippen MR) is 41.4 cm³/mol. The number of rotatable bonds is 1. The van der Waals surface area contributed by atoms with Gasteiger partial charge in [0.05, 0.1) is 6.42 Å². The van der Waals surface area contributed by atoms with Crippen LogP contribution in [0.4, 0.5) is 0 Å². The lowest BCUT2D eigenvalue weighted by atomic mass is 10.3. The average Bonchev–Trinajstić information content (AvgIpc) is 1.88. The molecule has 0 aromatic heterocycles. The van der Waals surface area contributed by atoms with Gasteiger partial charge in [-0.2, -0.15) is 0 Å². The van der Waals surface area contributed by atoms with Crippen LogP contribution < -0.4 is 0 Å². The van der Waals surface area contributed by atoms with Crippen LogP contribution in [-0.2, 0) is 4.79 Å². The maximum absolute atomic E-state index is 10.8. The fourth-order valence-electron chi connectivity index (χ4n) is 0.421. The van der Waals surface area contributed by atoms with E-state index in [1.54, 1.807) is 19.0 Å². The molecule has 0 rings (SSSR count). The van der Waals surface area contributed by atoms with E-state index in [1.807, 2.05) is 6.92 Å². The van der Waals surface area contributed by atoms with E-state index < -0.39 is 0 Å². The van der Waals surface area contributed by atoms with Crippen LogP contribution in [0.5, 0.6) is 0 Å². The highest BCUT2D eigenvalue weighted by molar-refractivity contribution is 5.78. The van der Waals surface area contributed by atoms with Crippen molar-refractivity contribution in [2.24, 2.45) is 0 Å². The molecule has 10 heavy (non-hydrogen) atoms. The first-order valence-electron chi connectivity index (χ1n) is 3.34. The Bertz CT molecular complexity index is 162. The zero-order valence-corrected chi connectivity index (χ0v) is 6.77. The molecule has 0 saturated carbocycles. The Labute approximate surface area is 62.2 Å². The molecule has 2 heteroatoms. The summed E-state index contributed by atoms with van der Waals surface area (Å²) in [4.78, 5) is 12.4. The molecular formula is C8H13NO. The van der Waals surface area contributed by atoms with Gasteiger partial charge in [-0.25, -0.2) is 0 Å². The molecule has 0 bridgehead atoms. The Kier molecular flexibility index (Phi) is 4.39. The summed E-state index contributed by atoms with van der Waals surface area (Å²) in [6, 6.07) is 0. The molecule has 0 aromatic rings. The van der Waals surface area contributed by atoms with Crippen LogP contribution >= 0.6 is 0 Å². The molecule has 0 aromatic carbocycles. The Morgan fingerprint density at radius 3 is 2.40 bits per heavy atom. The van der Waals surface area contributed by atoms with Gasteiger partial charge in [-0.1, -0.05) is 12.8 Å². The normalized spacial score (nSPS) is 7.90. The Morgan fingerprint density at radius 2 is 2.00 bits per heavy atom. The first-order valence-corrected chi connectivity index (χ1v) is 3.34. The molecule has 0 spiro atoms. The predicted octanol–water partition coefficient (Wildman–Crippen LogP) is 0.878. The second kappa shape index (κ2) is 4.87. The number of hydrogen-bond donors (Lipinski definition) is 0. The van der Waals surface area contributed by atoms with Gasteiger partial charge in [-0.15, -0.1) is 5.92 Å². The van der Waals surface area contributed by atoms with Crippen LogP contribution in [0.15, 0.2) is 0 Å². The molecule has 0 aliphatic rings. The van der Waals surface area contributed by atoms with Crippen molar-refractivity contribution in [1.29, 1.82) is 0 Å². The summed E-state index contributed by atoms with van der Waals surface area (Å²) in [6.45, 7) is 1.97. The molecule has 0 fully saturated rings. The van der Waals surface area contributed by atoms with E-state index in [0.29, 0.717) is 6.42 Å². The monoisotopic (exact) mass is 139 g/mol. The molecule has 0 aliphatic carbocycles. The van der Waals surface area contributed by atoms with Gasteiger partial charge in [0, 0.05) is 20.5 Å². The Hall–Kier alpha value is -0.970. The number of carbonyl (C=O) groups is 1. The molecule has 0 atom stereocenters. The van der Waals surface area contributed by atoms with E-state index in [1.165, 1.54) is 0 Å². The molecule has 56 valence electrons. The highest BCUT2D eigenvalue weighted by atomic mass is 16.2. The van der Waals surface area contributed by atoms with Crippen LogP contribution in [-0.4, -0.2) is 24.9 Å². The van der Waals surface area contributed by atoms with Gasteiger partial charge >= 0.3 is 0 Å². The fraction of sp³-hybridized carbons (Fsp3) is 0.625. The van der Waals surface area contributed by atoms with Crippen LogP contribution in [0, 0.1) is 11.8 Å². The Morgan fingerprint density at radius 1 is 1.40 bits per heavy atom. The summed E-state index contributed by atoms with van der Waals surface area (Å²) in [5.41, 5.74) is 0. The summed E-state index contributed by atoms with van der Waals surface area (Å²) < 4.78 is 0. The molecule has 0 N–H and O–H groups in total. The van der Waals surface area contributed by atoms with Crippen LogP contribution in [0.25, 0.3) is 0 Å². The summed E-state index contributed by atoms with van der Waals surface area (Å²) in [5, 5.41) is 0. The number of carbonyl (C=O) groups excluding carboxylic acids is 1. The molecule has 2 nitrogen and oxygen atoms in total. The fourth-order valence-corrected chi connectivity index (χ4v) is 0.421. The van der Waals surface area contributed by atoms with Crippen molar-refractivity contribution in [2.75, 3.05) is 14.1 Å². The van der Waals surface area contributed by atoms with Gasteiger partial charge in [0.2, 0.25) is 5.91 Å². The first kappa shape index (κ1) is 9.03. The zero-order valence-electron chi connectivity index (χ0n) is 6.77. The van der Waals surface area contributed by atoms with E-state index in [9.17, 15) is 4.79 Å². The van der Waals surface area contributed by atoms with Crippen molar-refractivity contribution in [3.8, 4) is 11.8 Å². The first-order chi connectivity index (χ1) is 4.68. The summed E-state index contributed by atoms with van der Waals surface area (Å²) in [7, 11) is 3.46. The highest BCUT2D eigenvalue weighted by Crippen LogP contribution is 1.84. The summed E-state index contributed by atoms with van der Waals surface area (Å²) >= 11 is 0. The molecule has 0 radical (unpaired) electrons. The summed E-state index contributed by atoms with van der Waals surface area (Å²) in [6.07, 6.45) is 1.17. The number of nitrogens with zero attached hydrogens (tertiary/aromatic N) is 1. The average molecular weight is 139 g/mol. The number of hydrogen-bond acceptors (Lipinski definition) is 1. The lowest BCUT2D eigenvalue weighted by Gasteiger charge is -2.05. The smallest absolute Gasteiger partial charge is 0.234 e. The molecule has 0 heterocycles. The van der Waals surface area contributed by atoms with E-state index in [4.69, 9.17) is 0 Å². The second-order valence-corrected chi connectivity index (χ2v) is 2.17. The van der Waals surface area contributed by atoms with E-state index in [2.05, 4.69) is 11.8 Å². The lowest BCUT2D eigenvalue weighted by Crippen LogP contribution is -2.20. The van der Waals surface area contributed by atoms with Gasteiger partial charge in [0.1, 0.15) is 0 Å². The van der Waals surface area contributed by atoms with Gasteiger partial charge < -0.3 is 4.90 Å². The van der Waals surface area contributed by atoms with Gasteiger partial charge in [-0.05, 0) is 0 Å². The van der Waals surface area contributed by atoms with Crippen molar-refractivity contribution in [3.05, 3.63) is 0 Å². The molecule has 0 unspecified atom stereocenters. The summed E-state index contributed by atoms with van der Waals surface area (Å²) in [5.74, 6) is 5.68. The third-order valence-corrected chi connectivity index (χ3v) is 1.04. The molecular weight excluding hydrogens is 126 g/mol. The maximum Gasteiger partial charge on any atom is 0.234 e. The Balaban J connectivity index is 3.59. The van der Waals surface area contributed by atoms with Crippen molar-refractivity contribution >= 4 is 5.91 Å². The minimum atomic E-state index is 0.0703. The zero-order chi connectivity index (χ0) is 7.98. The minimum absolute atomic E-state index is 0.0703. The topological polar surface area (TPSA) is 20.3 Å². The van der Waals surface area contributed by atoms with Crippen molar-refractivity contribution in [1.82, 2.24) is 4.90 Å². The second-order valence-electron chi connectivity index (χ2n) is 2.17. The SMILES string of the molecule is CCC#CCC(=O)N(C)C. The lowest BCUT2D eigenvalue weighted by molar-refractivity contribution is -0.127. The largest absolute Gasteiger partial charge is 0.348 e. The van der Waals surface area contributed by atoms with E-state index >= 15 is 0 Å². The van der Waals surface area contributed by atoms with Crippen LogP contribution in [0.2, 0.25) is 0 Å². The molecule has 1 amide bonds. The van der Waals surface area contributed by atoms with Crippen molar-refractivity contribution < 1.29 is 4.79 Å². The van der Waals surface area contributed by atoms with Crippen LogP contribution in [0.1, 0.15) is 19.8 Å². The standard InChI is InChI=1S/C8H13NO/c1-4-5-6-7-8(10)9(2)3/h4,7H2,1-3H3. The van der Waals surface area contributed by atoms with Gasteiger partial charge in [0.25, 0.3) is 0 Å². The molecule has 0 aliphatic heterocycles. The maximum atomic E-state index is 10.8. The van der Waals surface area contributed by atoms with E-state index in [-0.39, 0.29) is 5.91 Å². The van der Waals surface area contributed by atoms with E-state index in [0.717, 1.165) is 6.42 Å². The van der Waals surface area contributed by atoms with Crippen LogP contribution in [0.3, 0.4) is 0 Å². The third kappa shape index (κ3) is 3.96. The van der Waals surface area contributed by atoms with Crippen molar-refractivity contribution in [3.63, 3.8) is 0 Å². The third-order valence-electron chi connectivity index (χ3n) is 1.04. The molecule has 0 saturated heterocycles. The highest BCUT2D eigenvalue weighted by Gasteiger charge is 1.98. The quantitative estimate of drug-likeness (QED) is 0.494.